The Hall–Kier alpha value is -4.61. The Morgan fingerprint density at radius 1 is 0.617 bits per heavy atom. The van der Waals surface area contributed by atoms with Gasteiger partial charge < -0.3 is 37.9 Å². The zero-order chi connectivity index (χ0) is 69.2. The van der Waals surface area contributed by atoms with E-state index in [0.29, 0.717) is 63.1 Å². The van der Waals surface area contributed by atoms with Gasteiger partial charge in [0.2, 0.25) is 0 Å². The van der Waals surface area contributed by atoms with Crippen LogP contribution < -0.4 is 28.0 Å². The third kappa shape index (κ3) is 31.3. The van der Waals surface area contributed by atoms with Gasteiger partial charge >= 0.3 is 32.3 Å². The number of ether oxygens (including phenoxy) is 1. The molecule has 0 aliphatic carbocycles. The Kier molecular flexibility index (Phi) is 39.9. The average Bonchev–Trinajstić information content (AvgIpc) is 0.917. The van der Waals surface area contributed by atoms with E-state index in [-0.39, 0.29) is 98.9 Å². The van der Waals surface area contributed by atoms with Gasteiger partial charge in [0.15, 0.2) is 19.7 Å². The Morgan fingerprint density at radius 3 is 1.34 bits per heavy atom. The van der Waals surface area contributed by atoms with E-state index >= 15 is 0 Å². The minimum Gasteiger partial charge on any atom is -1.00 e. The quantitative estimate of drug-likeness (QED) is 0.0199. The fraction of sp³-hybridized carbons (Fsp3) is 0.414. The maximum Gasteiger partial charge on any atom is 2.00 e. The van der Waals surface area contributed by atoms with Crippen LogP contribution in [0.2, 0.25) is 0 Å². The minimum atomic E-state index is -3.30. The van der Waals surface area contributed by atoms with Crippen LogP contribution >= 0.6 is 15.9 Å². The fourth-order valence-corrected chi connectivity index (χ4v) is 13.7. The van der Waals surface area contributed by atoms with Gasteiger partial charge in [-0.3, -0.25) is 8.92 Å². The van der Waals surface area contributed by atoms with Crippen LogP contribution in [0.25, 0.3) is 0 Å². The summed E-state index contributed by atoms with van der Waals surface area (Å²) in [6.45, 7) is 27.2. The molecule has 3 heterocycles. The molecular weight excluding hydrogens is 1430 g/mol. The van der Waals surface area contributed by atoms with Crippen molar-refractivity contribution in [3.8, 4) is 0 Å². The summed E-state index contributed by atoms with van der Waals surface area (Å²) < 4.78 is 174. The van der Waals surface area contributed by atoms with Gasteiger partial charge in [0.05, 0.1) is 40.1 Å². The normalized spacial score (nSPS) is 17.4. The number of alkyl halides is 1. The third-order valence-electron chi connectivity index (χ3n) is 14.7. The molecule has 9 rings (SSSR count). The summed E-state index contributed by atoms with van der Waals surface area (Å²) in [6, 6.07) is 25.0. The molecule has 0 saturated carbocycles. The van der Waals surface area contributed by atoms with Gasteiger partial charge in [-0.05, 0) is 187 Å². The molecule has 8 atom stereocenters. The molecule has 512 valence electrons. The van der Waals surface area contributed by atoms with E-state index in [2.05, 4.69) is 69.0 Å². The second kappa shape index (κ2) is 42.9. The van der Waals surface area contributed by atoms with Crippen LogP contribution in [-0.4, -0.2) is 91.2 Å². The number of epoxide rings is 1. The predicted octanol–water partition coefficient (Wildman–Crippen LogP) is 13.5. The summed E-state index contributed by atoms with van der Waals surface area (Å²) in [4.78, 5) is 0.776. The van der Waals surface area contributed by atoms with E-state index in [0.717, 1.165) is 73.2 Å². The summed E-state index contributed by atoms with van der Waals surface area (Å²) in [6.07, 6.45) is 7.49. The molecule has 24 heteroatoms. The van der Waals surface area contributed by atoms with Crippen molar-refractivity contribution < 1.29 is 87.7 Å². The predicted molar refractivity (Wildman–Crippen MR) is 357 cm³/mol. The number of rotatable bonds is 17. The number of hydrogen-bond acceptors (Lipinski definition) is 10. The van der Waals surface area contributed by atoms with Crippen molar-refractivity contribution in [3.63, 3.8) is 0 Å². The molecule has 0 aromatic heterocycles. The molecule has 0 radical (unpaired) electrons. The van der Waals surface area contributed by atoms with Crippen LogP contribution in [0, 0.1) is 65.3 Å². The summed E-state index contributed by atoms with van der Waals surface area (Å²) in [5.41, 5.74) is 12.3. The number of fused-ring (bicyclic) bond motifs is 2. The van der Waals surface area contributed by atoms with Crippen molar-refractivity contribution in [3.05, 3.63) is 232 Å². The Morgan fingerprint density at radius 2 is 0.968 bits per heavy atom. The van der Waals surface area contributed by atoms with Gasteiger partial charge in [0, 0.05) is 47.7 Å². The summed E-state index contributed by atoms with van der Waals surface area (Å²) in [5.74, 6) is -3.11. The van der Waals surface area contributed by atoms with E-state index in [9.17, 15) is 57.1 Å². The van der Waals surface area contributed by atoms with Gasteiger partial charge in [0.25, 0.3) is 0 Å². The van der Waals surface area contributed by atoms with Crippen molar-refractivity contribution in [2.45, 2.75) is 157 Å². The molecule has 6 aromatic carbocycles. The Labute approximate surface area is 588 Å². The Bertz CT molecular complexity index is 3540. The first-order chi connectivity index (χ1) is 43.1. The zero-order valence-corrected chi connectivity index (χ0v) is 61.6. The monoisotopic (exact) mass is 1510 g/mol. The Balaban J connectivity index is 0.000000603. The molecule has 10 nitrogen and oxygen atoms in total. The van der Waals surface area contributed by atoms with E-state index in [1.165, 1.54) is 60.2 Å². The van der Waals surface area contributed by atoms with Crippen molar-refractivity contribution in [2.24, 2.45) is 17.6 Å². The largest absolute Gasteiger partial charge is 2.00 e. The first-order valence-corrected chi connectivity index (χ1v) is 35.2. The summed E-state index contributed by atoms with van der Waals surface area (Å²) >= 11 is 3.22. The van der Waals surface area contributed by atoms with E-state index in [4.69, 9.17) is 19.4 Å². The zero-order valence-electron chi connectivity index (χ0n) is 54.4. The standard InChI is InChI=1S/C24H31F2NO3S.C13H19NO2S.C11H12F2O.C11H12F2.C8H7BrF2.C3H5.BrH.Mg.O2Si/c1-15(2)8-17-4-5-24-22(10-17)23(6-7-31(24,29)30)27-14-21(28)9-16(3)18-11-19(25)13-20(26)12-18;1-9(2)7-10-3-4-13-11(8-10)12(14)5-6-17(13,15)16;1-7(2-11-6-14-11)8-3-9(12)5-10(13)4-8;1-3-4-8(2)9-5-10(12)7-11(13)6-9;1-5(9)6-2-7(10)4-8(11)3-6;1-3-2;;;1-3-2/h4-5,10-13,15-16,21,23,27-28H,6-9,14H2,1-3H3;3-4,8-9,12H,5-7,14H2,1-2H3;3-5,7,11H,2,6H2,1H3;3,5-8H,1,4H2,2H3;2-5H,1H3;3H,1-2H2;1H;;/q;;;;;-1;;+2;/p-1. The number of allylic oxidation sites excluding steroid dienone is 2. The molecule has 3 aliphatic rings. The van der Waals surface area contributed by atoms with Crippen molar-refractivity contribution in [1.82, 2.24) is 5.32 Å². The number of halogens is 10. The number of benzene rings is 6. The van der Waals surface area contributed by atoms with Crippen LogP contribution in [0.4, 0.5) is 35.1 Å². The molecule has 0 spiro atoms. The molecule has 94 heavy (non-hydrogen) atoms. The summed E-state index contributed by atoms with van der Waals surface area (Å²) in [5, 5.41) is 13.8. The molecule has 1 fully saturated rings. The van der Waals surface area contributed by atoms with Crippen molar-refractivity contribution >= 4 is 67.9 Å². The topological polar surface area (TPSA) is 173 Å². The molecule has 0 amide bonds. The average molecular weight is 1510 g/mol. The summed E-state index contributed by atoms with van der Waals surface area (Å²) in [7, 11) is -7.81. The van der Waals surface area contributed by atoms with Crippen LogP contribution in [0.3, 0.4) is 0 Å². The smallest absolute Gasteiger partial charge is 1.00 e. The molecule has 6 aromatic rings. The van der Waals surface area contributed by atoms with Crippen molar-refractivity contribution in [2.75, 3.05) is 24.7 Å². The van der Waals surface area contributed by atoms with Crippen molar-refractivity contribution in [1.29, 1.82) is 0 Å². The van der Waals surface area contributed by atoms with E-state index < -0.39 is 81.6 Å². The van der Waals surface area contributed by atoms with E-state index in [1.54, 1.807) is 18.2 Å². The molecule has 3 aliphatic heterocycles. The van der Waals surface area contributed by atoms with Gasteiger partial charge in [-0.15, -0.1) is 6.58 Å². The van der Waals surface area contributed by atoms with Gasteiger partial charge in [0.1, 0.15) is 46.5 Å². The van der Waals surface area contributed by atoms with Gasteiger partial charge in [-0.25, -0.2) is 71.5 Å². The minimum absolute atomic E-state index is 0. The molecule has 0 bridgehead atoms. The third-order valence-corrected chi connectivity index (χ3v) is 18.9. The molecule has 8 unspecified atom stereocenters. The van der Waals surface area contributed by atoms with Gasteiger partial charge in [-0.1, -0.05) is 94.7 Å². The SMILES string of the molecule is C=CCC(C)c1cc(F)cc(F)c1.C=C[CH2-].CC(Br)c1cc(F)cc(F)c1.CC(C)Cc1ccc2c(c1)C(N)CCS2(=O)=O.CC(C)Cc1ccc2c(c1)C(NCC(O)CC(C)c1cc(F)cc(F)c1)CCS2(=O)=O.CC(CC1CO1)c1cc(F)cc(F)c1.O=[Si]=O.[Br-].[Mg+2]. The second-order valence-corrected chi connectivity index (χ2v) is 29.5. The number of hydrogen-bond donors (Lipinski definition) is 3. The first kappa shape index (κ1) is 87.4. The first-order valence-electron chi connectivity index (χ1n) is 30.1. The van der Waals surface area contributed by atoms with Crippen LogP contribution in [0.1, 0.15) is 167 Å². The molecule has 1 saturated heterocycles. The van der Waals surface area contributed by atoms with Crippen LogP contribution in [-0.2, 0) is 46.2 Å². The van der Waals surface area contributed by atoms with Crippen LogP contribution in [0.15, 0.2) is 144 Å². The van der Waals surface area contributed by atoms with Gasteiger partial charge in [-0.2, -0.15) is 0 Å². The number of aliphatic hydroxyl groups is 1. The number of sulfone groups is 2. The number of nitrogens with one attached hydrogen (secondary N) is 1. The van der Waals surface area contributed by atoms with Crippen LogP contribution in [0.5, 0.6) is 0 Å². The second-order valence-electron chi connectivity index (χ2n) is 23.8. The number of nitrogens with two attached hydrogens (primary N) is 1. The van der Waals surface area contributed by atoms with E-state index in [1.807, 2.05) is 52.0 Å². The molecule has 4 N–H and O–H groups in total. The fourth-order valence-electron chi connectivity index (χ4n) is 10.2. The molecular formula is C70H86Br2F8MgN2O8S2Si. The number of aliphatic hydroxyl groups excluding tert-OH is 1. The maximum atomic E-state index is 13.5. The maximum absolute atomic E-state index is 13.5.